The number of benzene rings is 1. The summed E-state index contributed by atoms with van der Waals surface area (Å²) in [5, 5.41) is 0. The van der Waals surface area contributed by atoms with Crippen LogP contribution in [0.25, 0.3) is 0 Å². The van der Waals surface area contributed by atoms with E-state index in [4.69, 9.17) is 14.2 Å². The Balaban J connectivity index is 2.50. The van der Waals surface area contributed by atoms with Crippen LogP contribution in [0.3, 0.4) is 0 Å². The predicted molar refractivity (Wildman–Crippen MR) is 68.5 cm³/mol. The van der Waals surface area contributed by atoms with Gasteiger partial charge in [-0.05, 0) is 25.5 Å². The Hall–Kier alpha value is -1.39. The van der Waals surface area contributed by atoms with E-state index in [0.717, 1.165) is 5.56 Å². The Morgan fingerprint density at radius 1 is 1.22 bits per heavy atom. The first-order valence-electron chi connectivity index (χ1n) is 6.00. The average molecular weight is 252 g/mol. The summed E-state index contributed by atoms with van der Waals surface area (Å²) in [4.78, 5) is 11.9. The second-order valence-corrected chi connectivity index (χ2v) is 4.15. The van der Waals surface area contributed by atoms with Gasteiger partial charge in [0.25, 0.3) is 0 Å². The zero-order valence-corrected chi connectivity index (χ0v) is 11.1. The Morgan fingerprint density at radius 3 is 2.61 bits per heavy atom. The quantitative estimate of drug-likeness (QED) is 0.552. The van der Waals surface area contributed by atoms with Crippen LogP contribution in [0.2, 0.25) is 0 Å². The molecule has 0 bridgehead atoms. The van der Waals surface area contributed by atoms with Crippen molar-refractivity contribution in [2.45, 2.75) is 26.6 Å². The molecule has 1 aromatic carbocycles. The molecule has 4 nitrogen and oxygen atoms in total. The second-order valence-electron chi connectivity index (χ2n) is 4.15. The minimum absolute atomic E-state index is 0.143. The van der Waals surface area contributed by atoms with Crippen molar-refractivity contribution in [3.8, 4) is 0 Å². The molecular weight excluding hydrogens is 232 g/mol. The van der Waals surface area contributed by atoms with E-state index < -0.39 is 0 Å². The van der Waals surface area contributed by atoms with E-state index in [0.29, 0.717) is 18.8 Å². The van der Waals surface area contributed by atoms with Crippen LogP contribution in [-0.4, -0.2) is 32.4 Å². The Kier molecular flexibility index (Phi) is 6.39. The fourth-order valence-electron chi connectivity index (χ4n) is 1.50. The summed E-state index contributed by atoms with van der Waals surface area (Å²) < 4.78 is 15.5. The van der Waals surface area contributed by atoms with E-state index in [-0.39, 0.29) is 18.7 Å². The Morgan fingerprint density at radius 2 is 1.94 bits per heavy atom. The van der Waals surface area contributed by atoms with Gasteiger partial charge in [-0.25, -0.2) is 4.79 Å². The lowest BCUT2D eigenvalue weighted by Crippen LogP contribution is -2.14. The summed E-state index contributed by atoms with van der Waals surface area (Å²) in [5.41, 5.74) is 1.37. The molecule has 4 heteroatoms. The molecule has 0 heterocycles. The number of hydrogen-bond acceptors (Lipinski definition) is 4. The smallest absolute Gasteiger partial charge is 0.338 e. The molecule has 0 saturated carbocycles. The molecule has 0 aliphatic heterocycles. The Bertz CT molecular complexity index is 374. The highest BCUT2D eigenvalue weighted by atomic mass is 16.6. The minimum atomic E-state index is -0.338. The maximum absolute atomic E-state index is 11.9. The molecule has 0 spiro atoms. The van der Waals surface area contributed by atoms with E-state index in [2.05, 4.69) is 0 Å². The predicted octanol–water partition coefficient (Wildman–Crippen LogP) is 2.41. The van der Waals surface area contributed by atoms with Gasteiger partial charge in [0.1, 0.15) is 6.61 Å². The first kappa shape index (κ1) is 14.7. The zero-order valence-electron chi connectivity index (χ0n) is 11.1. The molecule has 0 unspecified atom stereocenters. The molecule has 0 radical (unpaired) electrons. The first-order chi connectivity index (χ1) is 8.65. The lowest BCUT2D eigenvalue weighted by molar-refractivity contribution is 0.0174. The van der Waals surface area contributed by atoms with Gasteiger partial charge in [-0.15, -0.1) is 0 Å². The van der Waals surface area contributed by atoms with Gasteiger partial charge in [0, 0.05) is 7.11 Å². The van der Waals surface area contributed by atoms with Gasteiger partial charge in [-0.2, -0.15) is 0 Å². The highest BCUT2D eigenvalue weighted by molar-refractivity contribution is 5.91. The maximum Gasteiger partial charge on any atom is 0.338 e. The van der Waals surface area contributed by atoms with Gasteiger partial charge in [0.2, 0.25) is 0 Å². The minimum Gasteiger partial charge on any atom is -0.460 e. The highest BCUT2D eigenvalue weighted by Gasteiger charge is 2.11. The van der Waals surface area contributed by atoms with E-state index in [9.17, 15) is 4.79 Å². The van der Waals surface area contributed by atoms with Crippen LogP contribution in [0.4, 0.5) is 0 Å². The van der Waals surface area contributed by atoms with Gasteiger partial charge in [-0.1, -0.05) is 18.2 Å². The third-order valence-electron chi connectivity index (χ3n) is 2.30. The number of hydrogen-bond donors (Lipinski definition) is 0. The molecular formula is C14H20O4. The van der Waals surface area contributed by atoms with Gasteiger partial charge in [0.05, 0.1) is 24.9 Å². The number of ether oxygens (including phenoxy) is 3. The van der Waals surface area contributed by atoms with Crippen molar-refractivity contribution < 1.29 is 19.0 Å². The summed E-state index contributed by atoms with van der Waals surface area (Å²) >= 11 is 0. The number of esters is 1. The highest BCUT2D eigenvalue weighted by Crippen LogP contribution is 2.11. The van der Waals surface area contributed by atoms with E-state index in [1.54, 1.807) is 19.2 Å². The Labute approximate surface area is 108 Å². The van der Waals surface area contributed by atoms with Crippen LogP contribution in [0.5, 0.6) is 0 Å². The summed E-state index contributed by atoms with van der Waals surface area (Å²) in [7, 11) is 1.60. The summed E-state index contributed by atoms with van der Waals surface area (Å²) in [6.45, 7) is 4.95. The van der Waals surface area contributed by atoms with Crippen LogP contribution in [-0.2, 0) is 20.8 Å². The van der Waals surface area contributed by atoms with E-state index in [1.165, 1.54) is 0 Å². The second kappa shape index (κ2) is 7.84. The van der Waals surface area contributed by atoms with Gasteiger partial charge in [0.15, 0.2) is 0 Å². The van der Waals surface area contributed by atoms with Crippen LogP contribution in [0.1, 0.15) is 29.8 Å². The van der Waals surface area contributed by atoms with Crippen LogP contribution in [0, 0.1) is 0 Å². The van der Waals surface area contributed by atoms with Gasteiger partial charge < -0.3 is 14.2 Å². The van der Waals surface area contributed by atoms with Crippen molar-refractivity contribution in [3.63, 3.8) is 0 Å². The molecule has 1 aromatic rings. The zero-order chi connectivity index (χ0) is 13.4. The molecule has 18 heavy (non-hydrogen) atoms. The number of carbonyl (C=O) groups excluding carboxylic acids is 1. The maximum atomic E-state index is 11.9. The molecule has 0 aliphatic rings. The molecule has 0 atom stereocenters. The van der Waals surface area contributed by atoms with Crippen molar-refractivity contribution in [3.05, 3.63) is 35.4 Å². The first-order valence-corrected chi connectivity index (χ1v) is 6.00. The molecule has 0 aromatic heterocycles. The molecule has 1 rings (SSSR count). The normalized spacial score (nSPS) is 10.7. The topological polar surface area (TPSA) is 44.8 Å². The standard InChI is InChI=1S/C14H20O4/c1-11(2)17-8-9-18-14(15)13-7-5-4-6-12(13)10-16-3/h4-7,11H,8-10H2,1-3H3. The van der Waals surface area contributed by atoms with Gasteiger partial charge >= 0.3 is 5.97 Å². The van der Waals surface area contributed by atoms with E-state index >= 15 is 0 Å². The van der Waals surface area contributed by atoms with Crippen molar-refractivity contribution in [2.75, 3.05) is 20.3 Å². The molecule has 100 valence electrons. The van der Waals surface area contributed by atoms with Crippen molar-refractivity contribution in [1.29, 1.82) is 0 Å². The molecule has 0 fully saturated rings. The third kappa shape index (κ3) is 4.85. The summed E-state index contributed by atoms with van der Waals surface area (Å²) in [5.74, 6) is -0.338. The van der Waals surface area contributed by atoms with Crippen molar-refractivity contribution >= 4 is 5.97 Å². The largest absolute Gasteiger partial charge is 0.460 e. The lowest BCUT2D eigenvalue weighted by atomic mass is 10.1. The number of methoxy groups -OCH3 is 1. The monoisotopic (exact) mass is 252 g/mol. The lowest BCUT2D eigenvalue weighted by Gasteiger charge is -2.10. The van der Waals surface area contributed by atoms with Crippen molar-refractivity contribution in [1.82, 2.24) is 0 Å². The summed E-state index contributed by atoms with van der Waals surface area (Å²) in [6.07, 6.45) is 0.143. The fourth-order valence-corrected chi connectivity index (χ4v) is 1.50. The number of rotatable bonds is 7. The average Bonchev–Trinajstić information content (AvgIpc) is 2.35. The third-order valence-corrected chi connectivity index (χ3v) is 2.30. The van der Waals surface area contributed by atoms with Crippen molar-refractivity contribution in [2.24, 2.45) is 0 Å². The number of carbonyl (C=O) groups is 1. The SMILES string of the molecule is COCc1ccccc1C(=O)OCCOC(C)C. The van der Waals surface area contributed by atoms with Crippen LogP contribution < -0.4 is 0 Å². The molecule has 0 amide bonds. The molecule has 0 aliphatic carbocycles. The van der Waals surface area contributed by atoms with Crippen LogP contribution in [0.15, 0.2) is 24.3 Å². The van der Waals surface area contributed by atoms with E-state index in [1.807, 2.05) is 26.0 Å². The van der Waals surface area contributed by atoms with Crippen LogP contribution >= 0.6 is 0 Å². The fraction of sp³-hybridized carbons (Fsp3) is 0.500. The summed E-state index contributed by atoms with van der Waals surface area (Å²) in [6, 6.07) is 7.26. The molecule has 0 saturated heterocycles. The van der Waals surface area contributed by atoms with Gasteiger partial charge in [-0.3, -0.25) is 0 Å². The molecule has 0 N–H and O–H groups in total.